The van der Waals surface area contributed by atoms with Crippen LogP contribution in [0.15, 0.2) is 0 Å². The molecule has 1 saturated heterocycles. The molecular formula is C6H14NO2S+. The molecule has 0 aromatic heterocycles. The molecule has 1 heterocycles. The van der Waals surface area contributed by atoms with Crippen LogP contribution in [0.1, 0.15) is 6.42 Å². The molecule has 0 spiro atoms. The number of nitrogens with one attached hydrogen (secondary N) is 1. The molecule has 1 N–H and O–H groups in total. The van der Waals surface area contributed by atoms with Crippen molar-refractivity contribution < 1.29 is 13.3 Å². The fourth-order valence-electron chi connectivity index (χ4n) is 1.25. The number of hydrogen-bond acceptors (Lipinski definition) is 2. The highest BCUT2D eigenvalue weighted by atomic mass is 32.2. The molecule has 1 aliphatic rings. The van der Waals surface area contributed by atoms with Crippen molar-refractivity contribution >= 4 is 9.84 Å². The molecule has 1 rings (SSSR count). The average Bonchev–Trinajstić information content (AvgIpc) is 2.10. The molecule has 1 atom stereocenters. The lowest BCUT2D eigenvalue weighted by Gasteiger charge is -2.12. The van der Waals surface area contributed by atoms with Crippen LogP contribution < -0.4 is 4.90 Å². The van der Waals surface area contributed by atoms with Crippen molar-refractivity contribution in [3.8, 4) is 0 Å². The Morgan fingerprint density at radius 3 is 2.20 bits per heavy atom. The quantitative estimate of drug-likeness (QED) is 0.502. The first kappa shape index (κ1) is 8.01. The minimum Gasteiger partial charge on any atom is -0.337 e. The maximum Gasteiger partial charge on any atom is 0.156 e. The summed E-state index contributed by atoms with van der Waals surface area (Å²) in [4.78, 5) is 1.25. The van der Waals surface area contributed by atoms with Crippen LogP contribution in [0.25, 0.3) is 0 Å². The lowest BCUT2D eigenvalue weighted by atomic mass is 10.2. The molecule has 0 amide bonds. The van der Waals surface area contributed by atoms with Crippen molar-refractivity contribution in [2.24, 2.45) is 0 Å². The van der Waals surface area contributed by atoms with E-state index in [-0.39, 0.29) is 0 Å². The molecule has 4 heteroatoms. The van der Waals surface area contributed by atoms with Gasteiger partial charge in [-0.15, -0.1) is 0 Å². The van der Waals surface area contributed by atoms with Gasteiger partial charge in [0.1, 0.15) is 11.8 Å². The van der Waals surface area contributed by atoms with E-state index < -0.39 is 9.84 Å². The molecule has 0 aliphatic carbocycles. The van der Waals surface area contributed by atoms with Gasteiger partial charge in [-0.05, 0) is 0 Å². The Labute approximate surface area is 61.9 Å². The molecule has 10 heavy (non-hydrogen) atoms. The second kappa shape index (κ2) is 2.51. The summed E-state index contributed by atoms with van der Waals surface area (Å²) in [6.45, 7) is 0. The van der Waals surface area contributed by atoms with E-state index >= 15 is 0 Å². The first-order chi connectivity index (χ1) is 4.51. The largest absolute Gasteiger partial charge is 0.337 e. The number of rotatable bonds is 1. The molecule has 0 unspecified atom stereocenters. The van der Waals surface area contributed by atoms with Gasteiger partial charge >= 0.3 is 0 Å². The van der Waals surface area contributed by atoms with Gasteiger partial charge in [-0.3, -0.25) is 0 Å². The van der Waals surface area contributed by atoms with Gasteiger partial charge in [-0.25, -0.2) is 8.42 Å². The van der Waals surface area contributed by atoms with Crippen molar-refractivity contribution in [2.75, 3.05) is 25.6 Å². The smallest absolute Gasteiger partial charge is 0.156 e. The van der Waals surface area contributed by atoms with Gasteiger partial charge in [-0.1, -0.05) is 0 Å². The maximum atomic E-state index is 10.9. The third-order valence-corrected chi connectivity index (χ3v) is 3.82. The van der Waals surface area contributed by atoms with E-state index in [1.54, 1.807) is 0 Å². The fraction of sp³-hybridized carbons (Fsp3) is 1.00. The Kier molecular flexibility index (Phi) is 2.01. The minimum absolute atomic E-state index is 0.338. The Morgan fingerprint density at radius 1 is 1.40 bits per heavy atom. The summed E-state index contributed by atoms with van der Waals surface area (Å²) in [6.07, 6.45) is 0.838. The predicted octanol–water partition coefficient (Wildman–Crippen LogP) is -1.68. The average molecular weight is 164 g/mol. The summed E-state index contributed by atoms with van der Waals surface area (Å²) in [6, 6.07) is 0.338. The summed E-state index contributed by atoms with van der Waals surface area (Å²) in [5.74, 6) is 0.776. The van der Waals surface area contributed by atoms with E-state index in [1.165, 1.54) is 4.90 Å². The highest BCUT2D eigenvalue weighted by molar-refractivity contribution is 7.91. The van der Waals surface area contributed by atoms with Crippen LogP contribution in [0.5, 0.6) is 0 Å². The SMILES string of the molecule is C[NH+](C)[C@@H]1CCS(=O)(=O)C1. The van der Waals surface area contributed by atoms with Gasteiger partial charge in [0.05, 0.1) is 19.8 Å². The summed E-state index contributed by atoms with van der Waals surface area (Å²) >= 11 is 0. The van der Waals surface area contributed by atoms with Gasteiger partial charge in [0.25, 0.3) is 0 Å². The molecule has 0 aromatic carbocycles. The Hall–Kier alpha value is -0.0900. The highest BCUT2D eigenvalue weighted by Gasteiger charge is 2.31. The molecule has 1 fully saturated rings. The van der Waals surface area contributed by atoms with Gasteiger partial charge < -0.3 is 4.90 Å². The molecule has 0 radical (unpaired) electrons. The van der Waals surface area contributed by atoms with E-state index in [9.17, 15) is 8.42 Å². The first-order valence-electron chi connectivity index (χ1n) is 3.52. The van der Waals surface area contributed by atoms with Crippen LogP contribution in [0.3, 0.4) is 0 Å². The molecule has 60 valence electrons. The van der Waals surface area contributed by atoms with Gasteiger partial charge in [0.15, 0.2) is 9.84 Å². The van der Waals surface area contributed by atoms with E-state index in [0.717, 1.165) is 6.42 Å². The lowest BCUT2D eigenvalue weighted by molar-refractivity contribution is -0.882. The van der Waals surface area contributed by atoms with Crippen molar-refractivity contribution in [3.05, 3.63) is 0 Å². The fourth-order valence-corrected chi connectivity index (χ4v) is 3.17. The number of sulfone groups is 1. The van der Waals surface area contributed by atoms with Gasteiger partial charge in [0, 0.05) is 6.42 Å². The molecule has 3 nitrogen and oxygen atoms in total. The maximum absolute atomic E-state index is 10.9. The van der Waals surface area contributed by atoms with E-state index in [1.807, 2.05) is 14.1 Å². The Bertz CT molecular complexity index is 208. The van der Waals surface area contributed by atoms with Gasteiger partial charge in [-0.2, -0.15) is 0 Å². The zero-order valence-corrected chi connectivity index (χ0v) is 7.24. The standard InChI is InChI=1S/C6H13NO2S/c1-7(2)6-3-4-10(8,9)5-6/h6H,3-5H2,1-2H3/p+1/t6-/m1/s1. The van der Waals surface area contributed by atoms with E-state index in [0.29, 0.717) is 17.5 Å². The highest BCUT2D eigenvalue weighted by Crippen LogP contribution is 2.07. The van der Waals surface area contributed by atoms with Crippen LogP contribution in [0, 0.1) is 0 Å². The van der Waals surface area contributed by atoms with Crippen LogP contribution in [-0.2, 0) is 9.84 Å². The normalized spacial score (nSPS) is 31.3. The third kappa shape index (κ3) is 1.70. The van der Waals surface area contributed by atoms with E-state index in [2.05, 4.69) is 0 Å². The second-order valence-electron chi connectivity index (χ2n) is 3.18. The molecule has 0 bridgehead atoms. The predicted molar refractivity (Wildman–Crippen MR) is 39.9 cm³/mol. The van der Waals surface area contributed by atoms with Crippen LogP contribution in [0.4, 0.5) is 0 Å². The van der Waals surface area contributed by atoms with Gasteiger partial charge in [0.2, 0.25) is 0 Å². The topological polar surface area (TPSA) is 38.6 Å². The van der Waals surface area contributed by atoms with Crippen LogP contribution in [-0.4, -0.2) is 40.1 Å². The van der Waals surface area contributed by atoms with Crippen molar-refractivity contribution in [1.82, 2.24) is 0 Å². The molecule has 0 aromatic rings. The summed E-state index contributed by atoms with van der Waals surface area (Å²) < 4.78 is 21.9. The first-order valence-corrected chi connectivity index (χ1v) is 5.34. The summed E-state index contributed by atoms with van der Waals surface area (Å²) in [7, 11) is 1.35. The van der Waals surface area contributed by atoms with E-state index in [4.69, 9.17) is 0 Å². The molecule has 0 saturated carbocycles. The third-order valence-electron chi connectivity index (χ3n) is 2.05. The van der Waals surface area contributed by atoms with Crippen molar-refractivity contribution in [2.45, 2.75) is 12.5 Å². The van der Waals surface area contributed by atoms with Crippen molar-refractivity contribution in [3.63, 3.8) is 0 Å². The lowest BCUT2D eigenvalue weighted by Crippen LogP contribution is -3.10. The Morgan fingerprint density at radius 2 is 2.00 bits per heavy atom. The van der Waals surface area contributed by atoms with Crippen LogP contribution in [0.2, 0.25) is 0 Å². The zero-order valence-electron chi connectivity index (χ0n) is 6.42. The minimum atomic E-state index is -2.66. The number of quaternary nitrogens is 1. The number of hydrogen-bond donors (Lipinski definition) is 1. The zero-order chi connectivity index (χ0) is 7.78. The molecule has 1 aliphatic heterocycles. The monoisotopic (exact) mass is 164 g/mol. The second-order valence-corrected chi connectivity index (χ2v) is 5.41. The Balaban J connectivity index is 2.60. The summed E-state index contributed by atoms with van der Waals surface area (Å²) in [5.41, 5.74) is 0. The van der Waals surface area contributed by atoms with Crippen molar-refractivity contribution in [1.29, 1.82) is 0 Å². The summed E-state index contributed by atoms with van der Waals surface area (Å²) in [5, 5.41) is 0. The van der Waals surface area contributed by atoms with Crippen LogP contribution >= 0.6 is 0 Å². The molecular weight excluding hydrogens is 150 g/mol.